The van der Waals surface area contributed by atoms with E-state index < -0.39 is 60.6 Å². The third-order valence-corrected chi connectivity index (χ3v) is 4.70. The minimum absolute atomic E-state index is 0.0514. The molecule has 0 saturated carbocycles. The van der Waals surface area contributed by atoms with E-state index in [0.29, 0.717) is 5.56 Å². The van der Waals surface area contributed by atoms with Crippen molar-refractivity contribution < 1.29 is 57.1 Å². The van der Waals surface area contributed by atoms with Gasteiger partial charge < -0.3 is 33.2 Å². The Hall–Kier alpha value is -3.67. The lowest BCUT2D eigenvalue weighted by atomic mass is 9.98. The average Bonchev–Trinajstić information content (AvgIpc) is 2.76. The van der Waals surface area contributed by atoms with Crippen LogP contribution in [-0.2, 0) is 58.8 Å². The van der Waals surface area contributed by atoms with Gasteiger partial charge in [0.15, 0.2) is 12.2 Å². The minimum atomic E-state index is -1.35. The van der Waals surface area contributed by atoms with Gasteiger partial charge >= 0.3 is 29.8 Å². The van der Waals surface area contributed by atoms with Gasteiger partial charge in [-0.1, -0.05) is 12.1 Å². The first-order chi connectivity index (χ1) is 16.5. The molecule has 1 aliphatic heterocycles. The number of methoxy groups -OCH3 is 1. The van der Waals surface area contributed by atoms with E-state index in [2.05, 4.69) is 4.74 Å². The molecule has 1 aromatic rings. The summed E-state index contributed by atoms with van der Waals surface area (Å²) in [5, 5.41) is 0. The maximum absolute atomic E-state index is 11.9. The average molecular weight is 496 g/mol. The van der Waals surface area contributed by atoms with Crippen LogP contribution in [0.4, 0.5) is 0 Å². The predicted octanol–water partition coefficient (Wildman–Crippen LogP) is 0.864. The molecule has 0 unspecified atom stereocenters. The molecule has 0 radical (unpaired) electrons. The van der Waals surface area contributed by atoms with Gasteiger partial charge in [0.05, 0.1) is 13.5 Å². The first-order valence-corrected chi connectivity index (χ1v) is 10.6. The van der Waals surface area contributed by atoms with Crippen molar-refractivity contribution in [3.8, 4) is 5.75 Å². The molecule has 1 aromatic carbocycles. The lowest BCUT2D eigenvalue weighted by Crippen LogP contribution is -2.63. The zero-order valence-corrected chi connectivity index (χ0v) is 20.0. The Morgan fingerprint density at radius 2 is 1.31 bits per heavy atom. The second kappa shape index (κ2) is 12.7. The molecule has 0 amide bonds. The Bertz CT molecular complexity index is 925. The fourth-order valence-corrected chi connectivity index (χ4v) is 3.34. The van der Waals surface area contributed by atoms with E-state index in [1.165, 1.54) is 14.0 Å². The predicted molar refractivity (Wildman–Crippen MR) is 115 cm³/mol. The van der Waals surface area contributed by atoms with Crippen LogP contribution in [0.1, 0.15) is 33.3 Å². The van der Waals surface area contributed by atoms with E-state index in [0.717, 1.165) is 20.8 Å². The molecule has 1 saturated heterocycles. The van der Waals surface area contributed by atoms with E-state index in [9.17, 15) is 24.0 Å². The van der Waals surface area contributed by atoms with Crippen molar-refractivity contribution in [3.63, 3.8) is 0 Å². The smallest absolute Gasteiger partial charge is 0.309 e. The monoisotopic (exact) mass is 496 g/mol. The molecule has 12 nitrogen and oxygen atoms in total. The summed E-state index contributed by atoms with van der Waals surface area (Å²) in [5.41, 5.74) is 0.658. The summed E-state index contributed by atoms with van der Waals surface area (Å²) < 4.78 is 37.4. The summed E-state index contributed by atoms with van der Waals surface area (Å²) in [6, 6.07) is 6.34. The van der Waals surface area contributed by atoms with Crippen LogP contribution in [-0.4, -0.2) is 74.3 Å². The van der Waals surface area contributed by atoms with Crippen molar-refractivity contribution in [1.82, 2.24) is 0 Å². The summed E-state index contributed by atoms with van der Waals surface area (Å²) in [7, 11) is 1.28. The SMILES string of the molecule is COC(=O)Cc1ccc(O[C@H]2O[C@H](COC(C)=O)[C@@H](OC(C)=O)[C@H](OC(C)=O)[C@@H]2OC(C)=O)cc1. The van der Waals surface area contributed by atoms with E-state index in [1.807, 2.05) is 0 Å². The fraction of sp³-hybridized carbons (Fsp3) is 0.522. The molecule has 35 heavy (non-hydrogen) atoms. The van der Waals surface area contributed by atoms with E-state index in [1.54, 1.807) is 24.3 Å². The molecule has 0 bridgehead atoms. The fourth-order valence-electron chi connectivity index (χ4n) is 3.34. The number of esters is 5. The minimum Gasteiger partial charge on any atom is -0.469 e. The van der Waals surface area contributed by atoms with Gasteiger partial charge in [-0.3, -0.25) is 24.0 Å². The van der Waals surface area contributed by atoms with E-state index in [-0.39, 0.29) is 18.8 Å². The molecule has 1 fully saturated rings. The molecule has 1 heterocycles. The molecule has 0 N–H and O–H groups in total. The molecule has 0 spiro atoms. The van der Waals surface area contributed by atoms with Crippen molar-refractivity contribution in [1.29, 1.82) is 0 Å². The highest BCUT2D eigenvalue weighted by Gasteiger charge is 2.53. The molecule has 1 aliphatic rings. The lowest BCUT2D eigenvalue weighted by Gasteiger charge is -2.43. The summed E-state index contributed by atoms with van der Waals surface area (Å²) in [5.74, 6) is -3.00. The topological polar surface area (TPSA) is 150 Å². The molecule has 192 valence electrons. The second-order valence-corrected chi connectivity index (χ2v) is 7.58. The number of hydrogen-bond acceptors (Lipinski definition) is 12. The normalized spacial score (nSPS) is 23.4. The first kappa shape index (κ1) is 27.6. The number of carbonyl (C=O) groups is 5. The summed E-state index contributed by atoms with van der Waals surface area (Å²) >= 11 is 0. The van der Waals surface area contributed by atoms with Crippen molar-refractivity contribution >= 4 is 29.8 Å². The van der Waals surface area contributed by atoms with Gasteiger partial charge in [-0.05, 0) is 17.7 Å². The van der Waals surface area contributed by atoms with E-state index >= 15 is 0 Å². The molecule has 0 aliphatic carbocycles. The van der Waals surface area contributed by atoms with Gasteiger partial charge in [0, 0.05) is 27.7 Å². The van der Waals surface area contributed by atoms with Gasteiger partial charge in [-0.2, -0.15) is 0 Å². The van der Waals surface area contributed by atoms with Crippen molar-refractivity contribution in [3.05, 3.63) is 29.8 Å². The Kier molecular flexibility index (Phi) is 10.0. The largest absolute Gasteiger partial charge is 0.469 e. The highest BCUT2D eigenvalue weighted by atomic mass is 16.7. The summed E-state index contributed by atoms with van der Waals surface area (Å²) in [4.78, 5) is 58.3. The summed E-state index contributed by atoms with van der Waals surface area (Å²) in [6.45, 7) is 4.21. The van der Waals surface area contributed by atoms with Crippen LogP contribution in [0.5, 0.6) is 5.75 Å². The third-order valence-electron chi connectivity index (χ3n) is 4.70. The first-order valence-electron chi connectivity index (χ1n) is 10.6. The highest BCUT2D eigenvalue weighted by molar-refractivity contribution is 5.72. The van der Waals surface area contributed by atoms with Crippen molar-refractivity contribution in [2.24, 2.45) is 0 Å². The maximum Gasteiger partial charge on any atom is 0.309 e. The zero-order valence-electron chi connectivity index (χ0n) is 20.0. The van der Waals surface area contributed by atoms with Crippen LogP contribution in [0, 0.1) is 0 Å². The Balaban J connectivity index is 2.38. The number of carbonyl (C=O) groups excluding carboxylic acids is 5. The van der Waals surface area contributed by atoms with Crippen LogP contribution in [0.2, 0.25) is 0 Å². The molecule has 2 rings (SSSR count). The van der Waals surface area contributed by atoms with Gasteiger partial charge in [0.1, 0.15) is 18.5 Å². The Morgan fingerprint density at radius 1 is 0.771 bits per heavy atom. The van der Waals surface area contributed by atoms with Crippen LogP contribution in [0.3, 0.4) is 0 Å². The summed E-state index contributed by atoms with van der Waals surface area (Å²) in [6.07, 6.45) is -6.37. The molecular formula is C23H28O12. The quantitative estimate of drug-likeness (QED) is 0.352. The van der Waals surface area contributed by atoms with Gasteiger partial charge in [-0.15, -0.1) is 0 Å². The van der Waals surface area contributed by atoms with Crippen LogP contribution < -0.4 is 4.74 Å². The van der Waals surface area contributed by atoms with Crippen molar-refractivity contribution in [2.75, 3.05) is 13.7 Å². The molecular weight excluding hydrogens is 468 g/mol. The number of benzene rings is 1. The number of rotatable bonds is 9. The van der Waals surface area contributed by atoms with Crippen LogP contribution >= 0.6 is 0 Å². The number of ether oxygens (including phenoxy) is 7. The third kappa shape index (κ3) is 8.56. The Morgan fingerprint density at radius 3 is 1.83 bits per heavy atom. The van der Waals surface area contributed by atoms with Gasteiger partial charge in [-0.25, -0.2) is 0 Å². The van der Waals surface area contributed by atoms with Gasteiger partial charge in [0.25, 0.3) is 0 Å². The zero-order chi connectivity index (χ0) is 26.1. The molecule has 5 atom stereocenters. The maximum atomic E-state index is 11.9. The van der Waals surface area contributed by atoms with Gasteiger partial charge in [0.2, 0.25) is 12.4 Å². The molecule has 0 aromatic heterocycles. The standard InChI is InChI=1S/C23H28O12/c1-12(24)30-11-18-20(31-13(2)25)21(32-14(3)26)22(33-15(4)27)23(35-18)34-17-8-6-16(7-9-17)10-19(28)29-5/h6-9,18,20-23H,10-11H2,1-5H3/t18-,20-,21+,22+,23+/m1/s1. The van der Waals surface area contributed by atoms with Crippen molar-refractivity contribution in [2.45, 2.75) is 64.8 Å². The van der Waals surface area contributed by atoms with Crippen LogP contribution in [0.15, 0.2) is 24.3 Å². The number of hydrogen-bond donors (Lipinski definition) is 0. The Labute approximate surface area is 201 Å². The lowest BCUT2D eigenvalue weighted by molar-refractivity contribution is -0.288. The molecule has 12 heteroatoms. The van der Waals surface area contributed by atoms with E-state index in [4.69, 9.17) is 28.4 Å². The highest BCUT2D eigenvalue weighted by Crippen LogP contribution is 2.31. The second-order valence-electron chi connectivity index (χ2n) is 7.58. The van der Waals surface area contributed by atoms with Crippen LogP contribution in [0.25, 0.3) is 0 Å².